The number of rotatable bonds is 4. The highest BCUT2D eigenvalue weighted by atomic mass is 79.9. The van der Waals surface area contributed by atoms with Crippen molar-refractivity contribution in [2.24, 2.45) is 0 Å². The third-order valence-corrected chi connectivity index (χ3v) is 5.04. The van der Waals surface area contributed by atoms with Crippen LogP contribution in [0.5, 0.6) is 0 Å². The Bertz CT molecular complexity index is 607. The fraction of sp³-hybridized carbons (Fsp3) is 0.333. The van der Waals surface area contributed by atoms with Gasteiger partial charge in [-0.25, -0.2) is 4.39 Å². The van der Waals surface area contributed by atoms with Gasteiger partial charge in [-0.05, 0) is 23.3 Å². The highest BCUT2D eigenvalue weighted by Gasteiger charge is 2.27. The maximum atomic E-state index is 13.4. The first-order chi connectivity index (χ1) is 10.7. The lowest BCUT2D eigenvalue weighted by Gasteiger charge is -2.35. The van der Waals surface area contributed by atoms with Crippen LogP contribution in [0.2, 0.25) is 0 Å². The van der Waals surface area contributed by atoms with Gasteiger partial charge in [-0.2, -0.15) is 0 Å². The predicted molar refractivity (Wildman–Crippen MR) is 89.5 cm³/mol. The molecule has 2 nitrogen and oxygen atoms in total. The maximum Gasteiger partial charge on any atom is 0.123 e. The van der Waals surface area contributed by atoms with Crippen LogP contribution in [-0.4, -0.2) is 30.7 Å². The normalized spacial score (nSPS) is 20.7. The molecule has 0 unspecified atom stereocenters. The van der Waals surface area contributed by atoms with Crippen molar-refractivity contribution in [3.63, 3.8) is 0 Å². The average Bonchev–Trinajstić information content (AvgIpc) is 2.55. The average molecular weight is 364 g/mol. The van der Waals surface area contributed by atoms with Gasteiger partial charge in [0.05, 0.1) is 17.5 Å². The van der Waals surface area contributed by atoms with Gasteiger partial charge in [-0.3, -0.25) is 4.90 Å². The second-order valence-corrected chi connectivity index (χ2v) is 6.57. The summed E-state index contributed by atoms with van der Waals surface area (Å²) in [5, 5.41) is 0. The van der Waals surface area contributed by atoms with E-state index in [-0.39, 0.29) is 16.7 Å². The molecule has 0 saturated carbocycles. The molecule has 2 aromatic carbocycles. The van der Waals surface area contributed by atoms with Crippen LogP contribution in [0.4, 0.5) is 4.39 Å². The number of halogens is 2. The van der Waals surface area contributed by atoms with Crippen LogP contribution in [-0.2, 0) is 11.3 Å². The monoisotopic (exact) mass is 363 g/mol. The van der Waals surface area contributed by atoms with Crippen LogP contribution in [0, 0.1) is 5.82 Å². The first kappa shape index (κ1) is 15.7. The van der Waals surface area contributed by atoms with Crippen molar-refractivity contribution in [2.75, 3.05) is 19.7 Å². The van der Waals surface area contributed by atoms with Crippen LogP contribution >= 0.6 is 15.9 Å². The highest BCUT2D eigenvalue weighted by Crippen LogP contribution is 2.31. The molecule has 0 aliphatic carbocycles. The van der Waals surface area contributed by atoms with Gasteiger partial charge < -0.3 is 4.74 Å². The molecule has 4 heteroatoms. The Kier molecular flexibility index (Phi) is 5.24. The molecule has 1 aliphatic rings. The van der Waals surface area contributed by atoms with Crippen LogP contribution in [0.15, 0.2) is 54.6 Å². The fourth-order valence-corrected chi connectivity index (χ4v) is 3.39. The number of benzene rings is 2. The van der Waals surface area contributed by atoms with Crippen molar-refractivity contribution in [1.29, 1.82) is 0 Å². The van der Waals surface area contributed by atoms with E-state index in [0.717, 1.165) is 25.2 Å². The number of hydrogen-bond donors (Lipinski definition) is 0. The minimum atomic E-state index is -0.209. The van der Waals surface area contributed by atoms with Crippen molar-refractivity contribution in [1.82, 2.24) is 4.90 Å². The largest absolute Gasteiger partial charge is 0.374 e. The molecule has 2 atom stereocenters. The van der Waals surface area contributed by atoms with E-state index in [1.54, 1.807) is 12.1 Å². The minimum absolute atomic E-state index is 0.00164. The SMILES string of the molecule is Fc1cccc([C@@H](Br)[C@@H]2CN(Cc3ccccc3)CCO2)c1. The summed E-state index contributed by atoms with van der Waals surface area (Å²) < 4.78 is 19.3. The van der Waals surface area contributed by atoms with Gasteiger partial charge in [0.1, 0.15) is 5.82 Å². The fourth-order valence-electron chi connectivity index (χ4n) is 2.79. The van der Waals surface area contributed by atoms with E-state index in [1.807, 2.05) is 12.1 Å². The summed E-state index contributed by atoms with van der Waals surface area (Å²) in [6.45, 7) is 3.38. The first-order valence-electron chi connectivity index (χ1n) is 7.50. The Morgan fingerprint density at radius 2 is 2.00 bits per heavy atom. The van der Waals surface area contributed by atoms with Gasteiger partial charge >= 0.3 is 0 Å². The van der Waals surface area contributed by atoms with Crippen molar-refractivity contribution in [3.05, 3.63) is 71.5 Å². The molecular formula is C18H19BrFNO. The number of nitrogens with zero attached hydrogens (tertiary/aromatic N) is 1. The van der Waals surface area contributed by atoms with Gasteiger partial charge in [-0.15, -0.1) is 0 Å². The van der Waals surface area contributed by atoms with Gasteiger partial charge in [0.2, 0.25) is 0 Å². The van der Waals surface area contributed by atoms with Crippen LogP contribution in [0.1, 0.15) is 16.0 Å². The molecule has 1 fully saturated rings. The predicted octanol–water partition coefficient (Wildman–Crippen LogP) is 4.16. The molecule has 1 heterocycles. The lowest BCUT2D eigenvalue weighted by atomic mass is 10.1. The van der Waals surface area contributed by atoms with E-state index in [9.17, 15) is 4.39 Å². The molecule has 1 saturated heterocycles. The standard InChI is InChI=1S/C18H19BrFNO/c19-18(15-7-4-8-16(20)11-15)17-13-21(9-10-22-17)12-14-5-2-1-3-6-14/h1-8,11,17-18H,9-10,12-13H2/t17-,18+/m0/s1. The van der Waals surface area contributed by atoms with Gasteiger partial charge in [0, 0.05) is 19.6 Å². The molecule has 3 rings (SSSR count). The molecule has 0 N–H and O–H groups in total. The first-order valence-corrected chi connectivity index (χ1v) is 8.41. The van der Waals surface area contributed by atoms with E-state index in [1.165, 1.54) is 11.6 Å². The zero-order chi connectivity index (χ0) is 15.4. The molecule has 0 amide bonds. The summed E-state index contributed by atoms with van der Waals surface area (Å²) in [6, 6.07) is 17.1. The highest BCUT2D eigenvalue weighted by molar-refractivity contribution is 9.09. The summed E-state index contributed by atoms with van der Waals surface area (Å²) in [6.07, 6.45) is 0.0271. The van der Waals surface area contributed by atoms with Crippen LogP contribution in [0.25, 0.3) is 0 Å². The third-order valence-electron chi connectivity index (χ3n) is 3.92. The van der Waals surface area contributed by atoms with E-state index in [4.69, 9.17) is 4.74 Å². The van der Waals surface area contributed by atoms with Crippen molar-refractivity contribution >= 4 is 15.9 Å². The summed E-state index contributed by atoms with van der Waals surface area (Å²) in [4.78, 5) is 2.39. The Hall–Kier alpha value is -1.23. The second-order valence-electron chi connectivity index (χ2n) is 5.59. The Labute approximate surface area is 139 Å². The third kappa shape index (κ3) is 3.94. The minimum Gasteiger partial charge on any atom is -0.374 e. The summed E-state index contributed by atoms with van der Waals surface area (Å²) in [7, 11) is 0. The lowest BCUT2D eigenvalue weighted by Crippen LogP contribution is -2.43. The quantitative estimate of drug-likeness (QED) is 0.756. The van der Waals surface area contributed by atoms with Gasteiger partial charge in [0.15, 0.2) is 0 Å². The van der Waals surface area contributed by atoms with Gasteiger partial charge in [-0.1, -0.05) is 58.4 Å². The smallest absolute Gasteiger partial charge is 0.123 e. The molecule has 0 bridgehead atoms. The van der Waals surface area contributed by atoms with E-state index in [0.29, 0.717) is 6.61 Å². The lowest BCUT2D eigenvalue weighted by molar-refractivity contribution is -0.0310. The molecule has 0 radical (unpaired) electrons. The second kappa shape index (κ2) is 7.36. The zero-order valence-electron chi connectivity index (χ0n) is 12.3. The number of morpholine rings is 1. The molecule has 1 aliphatic heterocycles. The summed E-state index contributed by atoms with van der Waals surface area (Å²) in [5.74, 6) is -0.209. The maximum absolute atomic E-state index is 13.4. The molecule has 22 heavy (non-hydrogen) atoms. The van der Waals surface area contributed by atoms with Crippen LogP contribution in [0.3, 0.4) is 0 Å². The summed E-state index contributed by atoms with van der Waals surface area (Å²) >= 11 is 3.68. The Morgan fingerprint density at radius 1 is 1.18 bits per heavy atom. The van der Waals surface area contributed by atoms with E-state index < -0.39 is 0 Å². The Balaban J connectivity index is 1.65. The van der Waals surface area contributed by atoms with Crippen molar-refractivity contribution in [2.45, 2.75) is 17.5 Å². The molecule has 116 valence electrons. The number of alkyl halides is 1. The molecule has 2 aromatic rings. The number of hydrogen-bond acceptors (Lipinski definition) is 2. The molecule has 0 aromatic heterocycles. The molecule has 0 spiro atoms. The van der Waals surface area contributed by atoms with E-state index >= 15 is 0 Å². The topological polar surface area (TPSA) is 12.5 Å². The Morgan fingerprint density at radius 3 is 2.77 bits per heavy atom. The van der Waals surface area contributed by atoms with Crippen molar-refractivity contribution < 1.29 is 9.13 Å². The number of ether oxygens (including phenoxy) is 1. The molecular weight excluding hydrogens is 345 g/mol. The van der Waals surface area contributed by atoms with Crippen molar-refractivity contribution in [3.8, 4) is 0 Å². The van der Waals surface area contributed by atoms with Gasteiger partial charge in [0.25, 0.3) is 0 Å². The van der Waals surface area contributed by atoms with Crippen LogP contribution < -0.4 is 0 Å². The summed E-state index contributed by atoms with van der Waals surface area (Å²) in [5.41, 5.74) is 2.23. The zero-order valence-corrected chi connectivity index (χ0v) is 13.9. The van der Waals surface area contributed by atoms with E-state index in [2.05, 4.69) is 45.1 Å².